The Labute approximate surface area is 96.4 Å². The minimum Gasteiger partial charge on any atom is -0.475 e. The van der Waals surface area contributed by atoms with Crippen LogP contribution >= 0.6 is 0 Å². The Hall–Kier alpha value is -1.31. The molecule has 1 aliphatic rings. The molecule has 0 aromatic carbocycles. The summed E-state index contributed by atoms with van der Waals surface area (Å²) in [5.74, 6) is -1.92. The van der Waals surface area contributed by atoms with Crippen molar-refractivity contribution in [3.05, 3.63) is 0 Å². The number of carbonyl (C=O) groups is 2. The first-order chi connectivity index (χ1) is 7.77. The van der Waals surface area contributed by atoms with Gasteiger partial charge in [-0.25, -0.2) is 4.79 Å². The van der Waals surface area contributed by atoms with E-state index in [2.05, 4.69) is 10.6 Å². The highest BCUT2D eigenvalue weighted by atomic mass is 19.4. The van der Waals surface area contributed by atoms with Gasteiger partial charge in [0.1, 0.15) is 0 Å². The molecule has 0 atom stereocenters. The number of carboxylic acid groups (broad SMARTS) is 1. The first-order valence-electron chi connectivity index (χ1n) is 5.04. The van der Waals surface area contributed by atoms with Crippen LogP contribution in [0, 0.1) is 5.92 Å². The number of halogens is 3. The number of aliphatic carboxylic acids is 1. The van der Waals surface area contributed by atoms with E-state index in [9.17, 15) is 18.0 Å². The van der Waals surface area contributed by atoms with Gasteiger partial charge in [0.25, 0.3) is 0 Å². The molecular formula is C9H15F3N2O3. The van der Waals surface area contributed by atoms with Gasteiger partial charge < -0.3 is 15.7 Å². The molecule has 1 heterocycles. The van der Waals surface area contributed by atoms with E-state index in [0.29, 0.717) is 12.3 Å². The van der Waals surface area contributed by atoms with E-state index < -0.39 is 12.1 Å². The predicted octanol–water partition coefficient (Wildman–Crippen LogP) is 0.365. The van der Waals surface area contributed by atoms with Crippen molar-refractivity contribution in [2.45, 2.75) is 19.5 Å². The van der Waals surface area contributed by atoms with Gasteiger partial charge in [-0.1, -0.05) is 6.92 Å². The monoisotopic (exact) mass is 256 g/mol. The number of carboxylic acids is 1. The molecule has 8 heteroatoms. The summed E-state index contributed by atoms with van der Waals surface area (Å²) in [4.78, 5) is 19.6. The molecule has 0 aromatic heterocycles. The zero-order chi connectivity index (χ0) is 13.5. The number of carbonyl (C=O) groups excluding carboxylic acids is 1. The van der Waals surface area contributed by atoms with Gasteiger partial charge in [-0.3, -0.25) is 4.79 Å². The average molecular weight is 256 g/mol. The lowest BCUT2D eigenvalue weighted by Crippen LogP contribution is -2.48. The average Bonchev–Trinajstić information content (AvgIpc) is 2.14. The Morgan fingerprint density at radius 3 is 2.12 bits per heavy atom. The van der Waals surface area contributed by atoms with Gasteiger partial charge in [-0.05, 0) is 0 Å². The van der Waals surface area contributed by atoms with E-state index in [1.165, 1.54) is 0 Å². The van der Waals surface area contributed by atoms with Crippen LogP contribution in [0.1, 0.15) is 13.3 Å². The van der Waals surface area contributed by atoms with Gasteiger partial charge in [-0.15, -0.1) is 0 Å². The third kappa shape index (κ3) is 7.56. The van der Waals surface area contributed by atoms with Crippen molar-refractivity contribution in [2.24, 2.45) is 5.92 Å². The van der Waals surface area contributed by atoms with Crippen LogP contribution in [-0.2, 0) is 9.59 Å². The maximum atomic E-state index is 10.7. The van der Waals surface area contributed by atoms with Crippen LogP contribution in [-0.4, -0.2) is 42.8 Å². The van der Waals surface area contributed by atoms with Gasteiger partial charge >= 0.3 is 12.1 Å². The number of rotatable bonds is 3. The minimum absolute atomic E-state index is 0.159. The van der Waals surface area contributed by atoms with Crippen LogP contribution in [0.5, 0.6) is 0 Å². The second-order valence-electron chi connectivity index (χ2n) is 3.48. The molecular weight excluding hydrogens is 241 g/mol. The summed E-state index contributed by atoms with van der Waals surface area (Å²) in [7, 11) is 0. The van der Waals surface area contributed by atoms with Gasteiger partial charge in [0.2, 0.25) is 5.91 Å². The Bertz CT molecular complexity index is 265. The topological polar surface area (TPSA) is 78.4 Å². The summed E-state index contributed by atoms with van der Waals surface area (Å²) in [6.45, 7) is 4.84. The molecule has 100 valence electrons. The third-order valence-corrected chi connectivity index (χ3v) is 2.02. The molecule has 0 bridgehead atoms. The summed E-state index contributed by atoms with van der Waals surface area (Å²) in [6.07, 6.45) is -4.49. The Kier molecular flexibility index (Phi) is 6.55. The summed E-state index contributed by atoms with van der Waals surface area (Å²) in [6, 6.07) is 0. The highest BCUT2D eigenvalue weighted by Crippen LogP contribution is 2.13. The SMILES string of the molecule is CCC(=O)NCC1CNC1.O=C(O)C(F)(F)F. The van der Waals surface area contributed by atoms with E-state index in [-0.39, 0.29) is 5.91 Å². The fraction of sp³-hybridized carbons (Fsp3) is 0.778. The zero-order valence-corrected chi connectivity index (χ0v) is 9.30. The second kappa shape index (κ2) is 7.10. The van der Waals surface area contributed by atoms with Gasteiger partial charge in [0, 0.05) is 32.0 Å². The Balaban J connectivity index is 0.000000325. The highest BCUT2D eigenvalue weighted by molar-refractivity contribution is 5.75. The molecule has 0 aliphatic carbocycles. The highest BCUT2D eigenvalue weighted by Gasteiger charge is 2.38. The van der Waals surface area contributed by atoms with Crippen molar-refractivity contribution in [3.63, 3.8) is 0 Å². The first-order valence-corrected chi connectivity index (χ1v) is 5.04. The van der Waals surface area contributed by atoms with Crippen LogP contribution < -0.4 is 10.6 Å². The lowest BCUT2D eigenvalue weighted by atomic mass is 10.0. The van der Waals surface area contributed by atoms with Crippen molar-refractivity contribution in [1.29, 1.82) is 0 Å². The van der Waals surface area contributed by atoms with Gasteiger partial charge in [0.15, 0.2) is 0 Å². The standard InChI is InChI=1S/C7H14N2O.C2HF3O2/c1-2-7(10)9-5-6-3-8-4-6;3-2(4,5)1(6)7/h6,8H,2-5H2,1H3,(H,9,10);(H,6,7). The summed E-state index contributed by atoms with van der Waals surface area (Å²) < 4.78 is 31.7. The fourth-order valence-electron chi connectivity index (χ4n) is 0.876. The zero-order valence-electron chi connectivity index (χ0n) is 9.30. The summed E-state index contributed by atoms with van der Waals surface area (Å²) in [5.41, 5.74) is 0. The molecule has 1 amide bonds. The molecule has 1 rings (SSSR count). The van der Waals surface area contributed by atoms with E-state index in [0.717, 1.165) is 19.6 Å². The molecule has 1 fully saturated rings. The molecule has 0 unspecified atom stereocenters. The Morgan fingerprint density at radius 2 is 1.88 bits per heavy atom. The molecule has 1 saturated heterocycles. The molecule has 3 N–H and O–H groups in total. The van der Waals surface area contributed by atoms with Crippen LogP contribution in [0.4, 0.5) is 13.2 Å². The second-order valence-corrected chi connectivity index (χ2v) is 3.48. The number of nitrogens with one attached hydrogen (secondary N) is 2. The molecule has 0 aromatic rings. The van der Waals surface area contributed by atoms with E-state index >= 15 is 0 Å². The van der Waals surface area contributed by atoms with Crippen LogP contribution in [0.15, 0.2) is 0 Å². The van der Waals surface area contributed by atoms with Crippen LogP contribution in [0.3, 0.4) is 0 Å². The van der Waals surface area contributed by atoms with Crippen LogP contribution in [0.2, 0.25) is 0 Å². The molecule has 5 nitrogen and oxygen atoms in total. The largest absolute Gasteiger partial charge is 0.490 e. The number of alkyl halides is 3. The van der Waals surface area contributed by atoms with Crippen molar-refractivity contribution in [2.75, 3.05) is 19.6 Å². The minimum atomic E-state index is -5.08. The van der Waals surface area contributed by atoms with E-state index in [1.54, 1.807) is 0 Å². The number of hydrogen-bond acceptors (Lipinski definition) is 3. The summed E-state index contributed by atoms with van der Waals surface area (Å²) >= 11 is 0. The lowest BCUT2D eigenvalue weighted by molar-refractivity contribution is -0.192. The molecule has 1 aliphatic heterocycles. The van der Waals surface area contributed by atoms with Crippen molar-refractivity contribution in [3.8, 4) is 0 Å². The fourth-order valence-corrected chi connectivity index (χ4v) is 0.876. The van der Waals surface area contributed by atoms with Crippen molar-refractivity contribution < 1.29 is 27.9 Å². The van der Waals surface area contributed by atoms with Crippen LogP contribution in [0.25, 0.3) is 0 Å². The molecule has 0 saturated carbocycles. The Morgan fingerprint density at radius 1 is 1.41 bits per heavy atom. The molecule has 0 radical (unpaired) electrons. The molecule has 17 heavy (non-hydrogen) atoms. The van der Waals surface area contributed by atoms with Crippen molar-refractivity contribution in [1.82, 2.24) is 10.6 Å². The quantitative estimate of drug-likeness (QED) is 0.681. The maximum absolute atomic E-state index is 10.7. The van der Waals surface area contributed by atoms with Gasteiger partial charge in [0.05, 0.1) is 0 Å². The molecule has 0 spiro atoms. The van der Waals surface area contributed by atoms with Gasteiger partial charge in [-0.2, -0.15) is 13.2 Å². The normalized spacial score (nSPS) is 15.3. The number of hydrogen-bond donors (Lipinski definition) is 3. The van der Waals surface area contributed by atoms with E-state index in [4.69, 9.17) is 9.90 Å². The smallest absolute Gasteiger partial charge is 0.475 e. The summed E-state index contributed by atoms with van der Waals surface area (Å²) in [5, 5.41) is 13.1. The number of amides is 1. The lowest BCUT2D eigenvalue weighted by Gasteiger charge is -2.26. The van der Waals surface area contributed by atoms with Crippen molar-refractivity contribution >= 4 is 11.9 Å². The van der Waals surface area contributed by atoms with E-state index in [1.807, 2.05) is 6.92 Å². The first kappa shape index (κ1) is 15.7. The predicted molar refractivity (Wildman–Crippen MR) is 53.4 cm³/mol. The maximum Gasteiger partial charge on any atom is 0.490 e. The third-order valence-electron chi connectivity index (χ3n) is 2.02.